The first-order valence-corrected chi connectivity index (χ1v) is 7.62. The third-order valence-electron chi connectivity index (χ3n) is 4.84. The zero-order valence-electron chi connectivity index (χ0n) is 12.6. The van der Waals surface area contributed by atoms with Gasteiger partial charge in [0.05, 0.1) is 11.8 Å². The van der Waals surface area contributed by atoms with Crippen LogP contribution in [-0.4, -0.2) is 47.6 Å². The highest BCUT2D eigenvalue weighted by atomic mass is 16.4. The Balaban J connectivity index is 1.82. The van der Waals surface area contributed by atoms with Crippen LogP contribution in [-0.2, 0) is 9.59 Å². The van der Waals surface area contributed by atoms with Gasteiger partial charge in [0.1, 0.15) is 0 Å². The van der Waals surface area contributed by atoms with Crippen molar-refractivity contribution >= 4 is 11.9 Å². The van der Waals surface area contributed by atoms with E-state index < -0.39 is 11.9 Å². The van der Waals surface area contributed by atoms with Crippen LogP contribution in [0.15, 0.2) is 0 Å². The molecule has 0 aromatic carbocycles. The Kier molecular flexibility index (Phi) is 4.68. The van der Waals surface area contributed by atoms with Crippen LogP contribution in [0.1, 0.15) is 39.5 Å². The summed E-state index contributed by atoms with van der Waals surface area (Å²) in [5, 5.41) is 12.2. The smallest absolute Gasteiger partial charge is 0.307 e. The molecule has 0 aromatic rings. The summed E-state index contributed by atoms with van der Waals surface area (Å²) < 4.78 is 0. The molecular formula is C15H26N2O3. The second kappa shape index (κ2) is 6.12. The Labute approximate surface area is 120 Å². The molecule has 0 bridgehead atoms. The summed E-state index contributed by atoms with van der Waals surface area (Å²) in [6.07, 6.45) is 3.80. The highest BCUT2D eigenvalue weighted by molar-refractivity contribution is 5.85. The highest BCUT2D eigenvalue weighted by Gasteiger charge is 2.41. The molecular weight excluding hydrogens is 256 g/mol. The zero-order chi connectivity index (χ0) is 14.9. The molecule has 0 heterocycles. The molecule has 2 aliphatic carbocycles. The average Bonchev–Trinajstić information content (AvgIpc) is 3.16. The summed E-state index contributed by atoms with van der Waals surface area (Å²) in [4.78, 5) is 25.7. The summed E-state index contributed by atoms with van der Waals surface area (Å²) in [5.41, 5.74) is 0. The van der Waals surface area contributed by atoms with Gasteiger partial charge >= 0.3 is 5.97 Å². The fraction of sp³-hybridized carbons (Fsp3) is 0.867. The van der Waals surface area contributed by atoms with Crippen LogP contribution in [0.4, 0.5) is 0 Å². The van der Waals surface area contributed by atoms with Crippen molar-refractivity contribution < 1.29 is 14.7 Å². The predicted molar refractivity (Wildman–Crippen MR) is 76.3 cm³/mol. The van der Waals surface area contributed by atoms with Gasteiger partial charge in [0.25, 0.3) is 0 Å². The second-order valence-electron chi connectivity index (χ2n) is 6.62. The molecule has 20 heavy (non-hydrogen) atoms. The Morgan fingerprint density at radius 3 is 2.45 bits per heavy atom. The number of carboxylic acid groups (broad SMARTS) is 1. The molecule has 5 heteroatoms. The quantitative estimate of drug-likeness (QED) is 0.771. The Morgan fingerprint density at radius 1 is 1.30 bits per heavy atom. The lowest BCUT2D eigenvalue weighted by atomic mass is 9.95. The van der Waals surface area contributed by atoms with E-state index in [9.17, 15) is 14.7 Å². The predicted octanol–water partition coefficient (Wildman–Crippen LogP) is 1.33. The third-order valence-corrected chi connectivity index (χ3v) is 4.84. The maximum atomic E-state index is 12.2. The van der Waals surface area contributed by atoms with Gasteiger partial charge in [-0.25, -0.2) is 0 Å². The lowest BCUT2D eigenvalue weighted by Crippen LogP contribution is -2.44. The van der Waals surface area contributed by atoms with Crippen molar-refractivity contribution in [2.24, 2.45) is 17.8 Å². The fourth-order valence-corrected chi connectivity index (χ4v) is 3.22. The van der Waals surface area contributed by atoms with Crippen LogP contribution in [0.25, 0.3) is 0 Å². The molecule has 0 radical (unpaired) electrons. The van der Waals surface area contributed by atoms with E-state index in [2.05, 4.69) is 24.2 Å². The van der Waals surface area contributed by atoms with Crippen molar-refractivity contribution in [3.63, 3.8) is 0 Å². The third kappa shape index (κ3) is 3.51. The maximum absolute atomic E-state index is 12.2. The summed E-state index contributed by atoms with van der Waals surface area (Å²) in [6.45, 7) is 4.72. The van der Waals surface area contributed by atoms with E-state index in [-0.39, 0.29) is 11.8 Å². The molecule has 2 aliphatic rings. The number of nitrogens with zero attached hydrogens (tertiary/aromatic N) is 1. The fourth-order valence-electron chi connectivity index (χ4n) is 3.22. The molecule has 2 N–H and O–H groups in total. The summed E-state index contributed by atoms with van der Waals surface area (Å²) in [6, 6.07) is 0.966. The molecule has 2 rings (SSSR count). The van der Waals surface area contributed by atoms with E-state index in [1.54, 1.807) is 0 Å². The van der Waals surface area contributed by atoms with Crippen molar-refractivity contribution in [3.05, 3.63) is 0 Å². The van der Waals surface area contributed by atoms with Gasteiger partial charge in [-0.2, -0.15) is 0 Å². The van der Waals surface area contributed by atoms with Crippen molar-refractivity contribution in [3.8, 4) is 0 Å². The molecule has 0 spiro atoms. The normalized spacial score (nSPS) is 31.3. The molecule has 2 unspecified atom stereocenters. The van der Waals surface area contributed by atoms with Crippen molar-refractivity contribution in [1.82, 2.24) is 10.2 Å². The van der Waals surface area contributed by atoms with Crippen LogP contribution in [0.5, 0.6) is 0 Å². The second-order valence-corrected chi connectivity index (χ2v) is 6.62. The first-order chi connectivity index (χ1) is 9.40. The first-order valence-electron chi connectivity index (χ1n) is 7.62. The van der Waals surface area contributed by atoms with E-state index in [0.717, 1.165) is 0 Å². The lowest BCUT2D eigenvalue weighted by Gasteiger charge is -2.25. The standard InChI is InChI=1S/C15H26N2O3/c1-9-6-12(13(7-9)15(19)20)14(18)16-8-10(2)17(3)11-4-5-11/h9-13H,4-8H2,1-3H3,(H,16,18)(H,19,20)/t9?,10?,12-,13+/m0/s1. The van der Waals surface area contributed by atoms with Gasteiger partial charge < -0.3 is 10.4 Å². The van der Waals surface area contributed by atoms with Gasteiger partial charge in [-0.05, 0) is 45.6 Å². The first kappa shape index (κ1) is 15.3. The summed E-state index contributed by atoms with van der Waals surface area (Å²) in [5.74, 6) is -1.48. The molecule has 1 amide bonds. The van der Waals surface area contributed by atoms with E-state index in [0.29, 0.717) is 37.4 Å². The van der Waals surface area contributed by atoms with Crippen molar-refractivity contribution in [2.75, 3.05) is 13.6 Å². The minimum absolute atomic E-state index is 0.0854. The van der Waals surface area contributed by atoms with Gasteiger partial charge in [-0.1, -0.05) is 6.92 Å². The lowest BCUT2D eigenvalue weighted by molar-refractivity contribution is -0.146. The summed E-state index contributed by atoms with van der Waals surface area (Å²) in [7, 11) is 2.09. The topological polar surface area (TPSA) is 69.6 Å². The number of hydrogen-bond donors (Lipinski definition) is 2. The number of nitrogens with one attached hydrogen (secondary N) is 1. The SMILES string of the molecule is CC1C[C@H](C(=O)NCC(C)N(C)C2CC2)[C@H](C(=O)O)C1. The number of amides is 1. The number of carboxylic acids is 1. The number of carbonyl (C=O) groups excluding carboxylic acids is 1. The van der Waals surface area contributed by atoms with Crippen LogP contribution < -0.4 is 5.32 Å². The van der Waals surface area contributed by atoms with E-state index in [1.807, 2.05) is 6.92 Å². The van der Waals surface area contributed by atoms with Gasteiger partial charge in [0.2, 0.25) is 5.91 Å². The molecule has 2 fully saturated rings. The van der Waals surface area contributed by atoms with Crippen LogP contribution in [0, 0.1) is 17.8 Å². The van der Waals surface area contributed by atoms with Gasteiger partial charge in [-0.15, -0.1) is 0 Å². The number of rotatable bonds is 6. The minimum Gasteiger partial charge on any atom is -0.481 e. The average molecular weight is 282 g/mol. The van der Waals surface area contributed by atoms with E-state index in [4.69, 9.17) is 0 Å². The van der Waals surface area contributed by atoms with E-state index >= 15 is 0 Å². The number of aliphatic carboxylic acids is 1. The molecule has 114 valence electrons. The minimum atomic E-state index is -0.836. The zero-order valence-corrected chi connectivity index (χ0v) is 12.6. The Morgan fingerprint density at radius 2 is 1.90 bits per heavy atom. The molecule has 0 aromatic heterocycles. The molecule has 2 saturated carbocycles. The van der Waals surface area contributed by atoms with Crippen molar-refractivity contribution in [1.29, 1.82) is 0 Å². The maximum Gasteiger partial charge on any atom is 0.307 e. The molecule has 0 saturated heterocycles. The monoisotopic (exact) mass is 282 g/mol. The van der Waals surface area contributed by atoms with Gasteiger partial charge in [0.15, 0.2) is 0 Å². The van der Waals surface area contributed by atoms with Crippen LogP contribution in [0.3, 0.4) is 0 Å². The van der Waals surface area contributed by atoms with Gasteiger partial charge in [-0.3, -0.25) is 14.5 Å². The van der Waals surface area contributed by atoms with Gasteiger partial charge in [0, 0.05) is 18.6 Å². The number of carbonyl (C=O) groups is 2. The number of likely N-dealkylation sites (N-methyl/N-ethyl adjacent to an activating group) is 1. The Bertz CT molecular complexity index is 381. The molecule has 4 atom stereocenters. The molecule has 5 nitrogen and oxygen atoms in total. The van der Waals surface area contributed by atoms with Crippen molar-refractivity contribution in [2.45, 2.75) is 51.6 Å². The van der Waals surface area contributed by atoms with E-state index in [1.165, 1.54) is 12.8 Å². The van der Waals surface area contributed by atoms with Crippen LogP contribution in [0.2, 0.25) is 0 Å². The Hall–Kier alpha value is -1.10. The number of hydrogen-bond acceptors (Lipinski definition) is 3. The largest absolute Gasteiger partial charge is 0.481 e. The summed E-state index contributed by atoms with van der Waals surface area (Å²) >= 11 is 0. The molecule has 0 aliphatic heterocycles. The highest BCUT2D eigenvalue weighted by Crippen LogP contribution is 2.36. The van der Waals surface area contributed by atoms with Crippen LogP contribution >= 0.6 is 0 Å².